The van der Waals surface area contributed by atoms with Crippen LogP contribution in [0.5, 0.6) is 0 Å². The summed E-state index contributed by atoms with van der Waals surface area (Å²) in [6.07, 6.45) is 1.69. The predicted octanol–water partition coefficient (Wildman–Crippen LogP) is -0.963. The Hall–Kier alpha value is -1.14. The lowest BCUT2D eigenvalue weighted by Crippen LogP contribution is -2.50. The van der Waals surface area contributed by atoms with Crippen molar-refractivity contribution >= 4 is 11.8 Å². The Labute approximate surface area is 108 Å². The molecule has 1 fully saturated rings. The summed E-state index contributed by atoms with van der Waals surface area (Å²) in [4.78, 5) is 24.8. The van der Waals surface area contributed by atoms with Crippen molar-refractivity contribution in [2.75, 3.05) is 26.2 Å². The monoisotopic (exact) mass is 256 g/mol. The highest BCUT2D eigenvalue weighted by Crippen LogP contribution is 2.15. The van der Waals surface area contributed by atoms with Crippen LogP contribution in [0, 0.1) is 5.41 Å². The summed E-state index contributed by atoms with van der Waals surface area (Å²) in [5.41, 5.74) is 10.2. The van der Waals surface area contributed by atoms with E-state index in [9.17, 15) is 9.59 Å². The largest absolute Gasteiger partial charge is 0.369 e. The van der Waals surface area contributed by atoms with Gasteiger partial charge in [0.1, 0.15) is 0 Å². The Morgan fingerprint density at radius 1 is 1.33 bits per heavy atom. The van der Waals surface area contributed by atoms with Gasteiger partial charge in [0.2, 0.25) is 11.8 Å². The fraction of sp³-hybridized carbons (Fsp3) is 0.833. The highest BCUT2D eigenvalue weighted by atomic mass is 16.2. The first kappa shape index (κ1) is 14.9. The number of nitrogens with two attached hydrogens (primary N) is 2. The maximum absolute atomic E-state index is 11.9. The van der Waals surface area contributed by atoms with Crippen LogP contribution < -0.4 is 16.8 Å². The molecular weight excluding hydrogens is 232 g/mol. The van der Waals surface area contributed by atoms with Gasteiger partial charge in [-0.15, -0.1) is 0 Å². The third-order valence-electron chi connectivity index (χ3n) is 3.43. The van der Waals surface area contributed by atoms with Crippen molar-refractivity contribution in [3.63, 3.8) is 0 Å². The molecule has 104 valence electrons. The van der Waals surface area contributed by atoms with Gasteiger partial charge in [-0.1, -0.05) is 0 Å². The lowest BCUT2D eigenvalue weighted by Gasteiger charge is -2.33. The summed E-state index contributed by atoms with van der Waals surface area (Å²) in [7, 11) is 0. The van der Waals surface area contributed by atoms with Crippen LogP contribution in [0.4, 0.5) is 0 Å². The van der Waals surface area contributed by atoms with Crippen LogP contribution in [0.1, 0.15) is 26.7 Å². The van der Waals surface area contributed by atoms with E-state index in [4.69, 9.17) is 11.5 Å². The minimum absolute atomic E-state index is 0.00153. The molecule has 6 nitrogen and oxygen atoms in total. The molecule has 0 aromatic heterocycles. The van der Waals surface area contributed by atoms with E-state index in [2.05, 4.69) is 5.32 Å². The number of nitrogens with one attached hydrogen (secondary N) is 1. The van der Waals surface area contributed by atoms with Crippen molar-refractivity contribution in [1.82, 2.24) is 10.2 Å². The number of hydrogen-bond donors (Lipinski definition) is 3. The Morgan fingerprint density at radius 3 is 2.33 bits per heavy atom. The van der Waals surface area contributed by atoms with Crippen LogP contribution >= 0.6 is 0 Å². The summed E-state index contributed by atoms with van der Waals surface area (Å²) in [6.45, 7) is 5.89. The van der Waals surface area contributed by atoms with Crippen LogP contribution in [-0.4, -0.2) is 48.9 Å². The zero-order chi connectivity index (χ0) is 13.8. The zero-order valence-corrected chi connectivity index (χ0v) is 11.2. The Morgan fingerprint density at radius 2 is 1.89 bits per heavy atom. The number of likely N-dealkylation sites (tertiary alicyclic amines) is 1. The molecule has 0 aromatic rings. The van der Waals surface area contributed by atoms with Gasteiger partial charge < -0.3 is 16.8 Å². The van der Waals surface area contributed by atoms with E-state index in [1.807, 2.05) is 18.7 Å². The molecule has 0 spiro atoms. The van der Waals surface area contributed by atoms with E-state index < -0.39 is 5.41 Å². The van der Waals surface area contributed by atoms with Crippen molar-refractivity contribution in [2.45, 2.75) is 32.7 Å². The number of rotatable bonds is 5. The predicted molar refractivity (Wildman–Crippen MR) is 69.6 cm³/mol. The molecule has 1 heterocycles. The number of piperidine rings is 1. The molecule has 1 aliphatic heterocycles. The van der Waals surface area contributed by atoms with E-state index >= 15 is 0 Å². The highest BCUT2D eigenvalue weighted by molar-refractivity contribution is 5.82. The van der Waals surface area contributed by atoms with Crippen LogP contribution in [-0.2, 0) is 9.59 Å². The molecule has 0 bridgehead atoms. The van der Waals surface area contributed by atoms with Gasteiger partial charge >= 0.3 is 0 Å². The average Bonchev–Trinajstić information content (AvgIpc) is 2.31. The van der Waals surface area contributed by atoms with Gasteiger partial charge in [0, 0.05) is 25.7 Å². The smallest absolute Gasteiger partial charge is 0.231 e. The molecule has 6 heteroatoms. The molecule has 1 rings (SSSR count). The second-order valence-corrected chi connectivity index (χ2v) is 5.58. The normalized spacial score (nSPS) is 18.6. The Balaban J connectivity index is 2.36. The molecule has 0 unspecified atom stereocenters. The quantitative estimate of drug-likeness (QED) is 0.589. The molecule has 5 N–H and O–H groups in total. The molecule has 0 aromatic carbocycles. The van der Waals surface area contributed by atoms with Gasteiger partial charge in [-0.05, 0) is 26.7 Å². The summed E-state index contributed by atoms with van der Waals surface area (Å²) >= 11 is 0. The molecular formula is C12H24N4O2. The summed E-state index contributed by atoms with van der Waals surface area (Å²) < 4.78 is 0. The molecule has 0 radical (unpaired) electrons. The summed E-state index contributed by atoms with van der Waals surface area (Å²) in [5, 5.41) is 3.02. The fourth-order valence-corrected chi connectivity index (χ4v) is 1.93. The summed E-state index contributed by atoms with van der Waals surface area (Å²) in [5.74, 6) is -0.305. The first-order chi connectivity index (χ1) is 8.35. The van der Waals surface area contributed by atoms with Crippen molar-refractivity contribution in [2.24, 2.45) is 16.9 Å². The lowest BCUT2D eigenvalue weighted by atomic mass is 9.91. The lowest BCUT2D eigenvalue weighted by molar-refractivity contribution is -0.130. The second kappa shape index (κ2) is 6.15. The second-order valence-electron chi connectivity index (χ2n) is 5.58. The maximum atomic E-state index is 11.9. The van der Waals surface area contributed by atoms with E-state index in [1.165, 1.54) is 0 Å². The zero-order valence-electron chi connectivity index (χ0n) is 11.2. The fourth-order valence-electron chi connectivity index (χ4n) is 1.93. The standard InChI is InChI=1S/C12H24N4O2/c1-12(2,8-13)11(18)15-9-3-5-16(6-4-9)7-10(14)17/h9H,3-8,13H2,1-2H3,(H2,14,17)(H,15,18). The van der Waals surface area contributed by atoms with Gasteiger partial charge in [0.05, 0.1) is 12.0 Å². The molecule has 0 saturated carbocycles. The number of carbonyl (C=O) groups excluding carboxylic acids is 2. The van der Waals surface area contributed by atoms with Crippen molar-refractivity contribution in [3.05, 3.63) is 0 Å². The molecule has 0 aliphatic carbocycles. The average molecular weight is 256 g/mol. The van der Waals surface area contributed by atoms with Crippen molar-refractivity contribution in [3.8, 4) is 0 Å². The summed E-state index contributed by atoms with van der Waals surface area (Å²) in [6, 6.07) is 0.174. The van der Waals surface area contributed by atoms with Crippen LogP contribution in [0.15, 0.2) is 0 Å². The maximum Gasteiger partial charge on any atom is 0.231 e. The number of primary amides is 1. The van der Waals surface area contributed by atoms with Crippen LogP contribution in [0.25, 0.3) is 0 Å². The molecule has 18 heavy (non-hydrogen) atoms. The minimum Gasteiger partial charge on any atom is -0.369 e. The first-order valence-electron chi connectivity index (χ1n) is 6.37. The molecule has 1 saturated heterocycles. The van der Waals surface area contributed by atoms with E-state index in [1.54, 1.807) is 0 Å². The number of hydrogen-bond acceptors (Lipinski definition) is 4. The van der Waals surface area contributed by atoms with Crippen LogP contribution in [0.3, 0.4) is 0 Å². The topological polar surface area (TPSA) is 101 Å². The van der Waals surface area contributed by atoms with E-state index in [-0.39, 0.29) is 17.9 Å². The third kappa shape index (κ3) is 4.27. The van der Waals surface area contributed by atoms with Gasteiger partial charge in [-0.3, -0.25) is 14.5 Å². The van der Waals surface area contributed by atoms with Gasteiger partial charge in [-0.2, -0.15) is 0 Å². The minimum atomic E-state index is -0.523. The van der Waals surface area contributed by atoms with Gasteiger partial charge in [-0.25, -0.2) is 0 Å². The highest BCUT2D eigenvalue weighted by Gasteiger charge is 2.29. The van der Waals surface area contributed by atoms with Crippen molar-refractivity contribution in [1.29, 1.82) is 0 Å². The molecule has 0 atom stereocenters. The number of nitrogens with zero attached hydrogens (tertiary/aromatic N) is 1. The number of amides is 2. The molecule has 2 amide bonds. The van der Waals surface area contributed by atoms with Crippen LogP contribution in [0.2, 0.25) is 0 Å². The van der Waals surface area contributed by atoms with Gasteiger partial charge in [0.15, 0.2) is 0 Å². The first-order valence-corrected chi connectivity index (χ1v) is 6.37. The molecule has 1 aliphatic rings. The van der Waals surface area contributed by atoms with Gasteiger partial charge in [0.25, 0.3) is 0 Å². The number of carbonyl (C=O) groups is 2. The van der Waals surface area contributed by atoms with E-state index in [0.717, 1.165) is 25.9 Å². The Bertz CT molecular complexity index is 309. The van der Waals surface area contributed by atoms with E-state index in [0.29, 0.717) is 13.1 Å². The SMILES string of the molecule is CC(C)(CN)C(=O)NC1CCN(CC(N)=O)CC1. The Kier molecular flexibility index (Phi) is 5.10. The van der Waals surface area contributed by atoms with Crippen molar-refractivity contribution < 1.29 is 9.59 Å². The third-order valence-corrected chi connectivity index (χ3v) is 3.43.